The molecule has 1 heterocycles. The summed E-state index contributed by atoms with van der Waals surface area (Å²) in [7, 11) is 0. The second-order valence-corrected chi connectivity index (χ2v) is 9.05. The molecule has 0 radical (unpaired) electrons. The summed E-state index contributed by atoms with van der Waals surface area (Å²) in [6.07, 6.45) is -9.22. The second kappa shape index (κ2) is 13.0. The number of hydrogen-bond acceptors (Lipinski definition) is 3. The molecule has 4 nitrogen and oxygen atoms in total. The number of ether oxygens (including phenoxy) is 1. The van der Waals surface area contributed by atoms with E-state index in [1.165, 1.54) is 6.92 Å². The van der Waals surface area contributed by atoms with Crippen molar-refractivity contribution in [3.05, 3.63) is 70.8 Å². The van der Waals surface area contributed by atoms with Crippen molar-refractivity contribution < 1.29 is 35.9 Å². The number of alkyl halides is 6. The second-order valence-electron chi connectivity index (χ2n) is 9.05. The molecular formula is C26H31ClF6N2O2. The average molecular weight is 553 g/mol. The van der Waals surface area contributed by atoms with Gasteiger partial charge in [0.05, 0.1) is 23.3 Å². The van der Waals surface area contributed by atoms with Crippen LogP contribution in [-0.2, 0) is 21.9 Å². The number of amides is 1. The number of halogens is 7. The van der Waals surface area contributed by atoms with Gasteiger partial charge in [-0.05, 0) is 62.1 Å². The van der Waals surface area contributed by atoms with Gasteiger partial charge in [-0.1, -0.05) is 30.3 Å². The Hall–Kier alpha value is -2.30. The third-order valence-electron chi connectivity index (χ3n) is 6.43. The van der Waals surface area contributed by atoms with E-state index < -0.39 is 35.7 Å². The van der Waals surface area contributed by atoms with Gasteiger partial charge >= 0.3 is 12.4 Å². The number of hydrogen-bond donors (Lipinski definition) is 1. The van der Waals surface area contributed by atoms with Gasteiger partial charge in [0.25, 0.3) is 0 Å². The van der Waals surface area contributed by atoms with Gasteiger partial charge in [-0.3, -0.25) is 4.79 Å². The number of carbonyl (C=O) groups excluding carboxylic acids is 1. The van der Waals surface area contributed by atoms with Gasteiger partial charge in [0, 0.05) is 25.4 Å². The fourth-order valence-electron chi connectivity index (χ4n) is 4.47. The zero-order valence-corrected chi connectivity index (χ0v) is 21.1. The summed E-state index contributed by atoms with van der Waals surface area (Å²) < 4.78 is 86.0. The molecule has 0 spiro atoms. The van der Waals surface area contributed by atoms with Crippen molar-refractivity contribution in [2.45, 2.75) is 63.1 Å². The third kappa shape index (κ3) is 8.35. The minimum Gasteiger partial charge on any atom is -0.370 e. The van der Waals surface area contributed by atoms with E-state index in [0.29, 0.717) is 51.0 Å². The molecule has 11 heteroatoms. The summed E-state index contributed by atoms with van der Waals surface area (Å²) in [5.74, 6) is -0.294. The first-order valence-corrected chi connectivity index (χ1v) is 11.9. The molecule has 2 aromatic rings. The Bertz CT molecular complexity index is 984. The molecule has 0 saturated carbocycles. The van der Waals surface area contributed by atoms with Gasteiger partial charge in [-0.15, -0.1) is 12.4 Å². The lowest BCUT2D eigenvalue weighted by molar-refractivity contribution is -0.143. The standard InChI is InChI=1S/C26H30F6N2O2.ClH/c1-17(19-13-20(25(27,28)29)15-21(14-19)26(30,31)32)36-23-10-12-34(24(35)9-5-6-11-33)16-22(23)18-7-3-2-4-8-18;/h2-4,7-8,13-15,17,22-23H,5-6,9-12,16,33H2,1H3;1H/t17-,22+,23+;/m1./s1. The number of piperidine rings is 1. The van der Waals surface area contributed by atoms with Gasteiger partial charge in [0.2, 0.25) is 5.91 Å². The smallest absolute Gasteiger partial charge is 0.370 e. The normalized spacial score (nSPS) is 19.3. The van der Waals surface area contributed by atoms with E-state index in [9.17, 15) is 31.1 Å². The maximum Gasteiger partial charge on any atom is 0.416 e. The number of rotatable bonds is 8. The predicted octanol–water partition coefficient (Wildman–Crippen LogP) is 6.74. The molecule has 1 fully saturated rings. The van der Waals surface area contributed by atoms with E-state index in [1.54, 1.807) is 4.90 Å². The van der Waals surface area contributed by atoms with Crippen LogP contribution in [0.15, 0.2) is 48.5 Å². The molecule has 2 aromatic carbocycles. The van der Waals surface area contributed by atoms with Gasteiger partial charge in [0.15, 0.2) is 0 Å². The summed E-state index contributed by atoms with van der Waals surface area (Å²) in [4.78, 5) is 14.4. The van der Waals surface area contributed by atoms with Crippen molar-refractivity contribution >= 4 is 18.3 Å². The molecule has 0 bridgehead atoms. The molecular weight excluding hydrogens is 522 g/mol. The molecule has 1 saturated heterocycles. The first-order valence-electron chi connectivity index (χ1n) is 11.9. The fourth-order valence-corrected chi connectivity index (χ4v) is 4.47. The highest BCUT2D eigenvalue weighted by atomic mass is 35.5. The van der Waals surface area contributed by atoms with Crippen LogP contribution in [0.2, 0.25) is 0 Å². The van der Waals surface area contributed by atoms with Crippen LogP contribution < -0.4 is 5.73 Å². The van der Waals surface area contributed by atoms with Crippen molar-refractivity contribution in [3.8, 4) is 0 Å². The minimum atomic E-state index is -4.93. The maximum absolute atomic E-state index is 13.3. The van der Waals surface area contributed by atoms with Crippen LogP contribution >= 0.6 is 12.4 Å². The molecule has 0 aliphatic carbocycles. The van der Waals surface area contributed by atoms with E-state index >= 15 is 0 Å². The maximum atomic E-state index is 13.3. The topological polar surface area (TPSA) is 55.6 Å². The highest BCUT2D eigenvalue weighted by Crippen LogP contribution is 2.39. The Labute approximate surface area is 218 Å². The summed E-state index contributed by atoms with van der Waals surface area (Å²) in [5, 5.41) is 0. The van der Waals surface area contributed by atoms with Crippen molar-refractivity contribution in [2.75, 3.05) is 19.6 Å². The zero-order chi connectivity index (χ0) is 26.5. The van der Waals surface area contributed by atoms with E-state index in [0.717, 1.165) is 12.0 Å². The lowest BCUT2D eigenvalue weighted by Gasteiger charge is -2.40. The minimum absolute atomic E-state index is 0. The number of unbranched alkanes of at least 4 members (excludes halogenated alkanes) is 1. The monoisotopic (exact) mass is 552 g/mol. The molecule has 1 aliphatic rings. The SMILES string of the molecule is C[C@@H](O[C@H]1CCN(C(=O)CCCCN)C[C@H]1c1ccccc1)c1cc(C(F)(F)F)cc(C(F)(F)F)c1.Cl. The quantitative estimate of drug-likeness (QED) is 0.291. The number of nitrogens with two attached hydrogens (primary N) is 1. The summed E-state index contributed by atoms with van der Waals surface area (Å²) in [5.41, 5.74) is 3.43. The first-order chi connectivity index (χ1) is 16.9. The summed E-state index contributed by atoms with van der Waals surface area (Å²) in [6, 6.07) is 10.8. The molecule has 37 heavy (non-hydrogen) atoms. The van der Waals surface area contributed by atoms with E-state index in [2.05, 4.69) is 0 Å². The Kier molecular flexibility index (Phi) is 10.8. The van der Waals surface area contributed by atoms with Crippen molar-refractivity contribution in [1.29, 1.82) is 0 Å². The van der Waals surface area contributed by atoms with Crippen LogP contribution in [0.25, 0.3) is 0 Å². The highest BCUT2D eigenvalue weighted by Gasteiger charge is 2.38. The number of nitrogens with zero attached hydrogens (tertiary/aromatic N) is 1. The zero-order valence-electron chi connectivity index (χ0n) is 20.3. The van der Waals surface area contributed by atoms with Gasteiger partial charge in [-0.25, -0.2) is 0 Å². The molecule has 1 aliphatic heterocycles. The van der Waals surface area contributed by atoms with Crippen molar-refractivity contribution in [1.82, 2.24) is 4.90 Å². The molecule has 1 amide bonds. The lowest BCUT2D eigenvalue weighted by atomic mass is 9.87. The van der Waals surface area contributed by atoms with Crippen LogP contribution in [0, 0.1) is 0 Å². The van der Waals surface area contributed by atoms with E-state index in [4.69, 9.17) is 10.5 Å². The first kappa shape index (κ1) is 30.9. The molecule has 3 rings (SSSR count). The molecule has 0 aromatic heterocycles. The van der Waals surface area contributed by atoms with Crippen LogP contribution in [0.1, 0.15) is 66.9 Å². The Morgan fingerprint density at radius 3 is 2.16 bits per heavy atom. The highest BCUT2D eigenvalue weighted by molar-refractivity contribution is 5.85. The van der Waals surface area contributed by atoms with Crippen molar-refractivity contribution in [3.63, 3.8) is 0 Å². The Morgan fingerprint density at radius 1 is 1.03 bits per heavy atom. The molecule has 2 N–H and O–H groups in total. The van der Waals surface area contributed by atoms with E-state index in [-0.39, 0.29) is 35.9 Å². The van der Waals surface area contributed by atoms with Crippen LogP contribution in [0.5, 0.6) is 0 Å². The van der Waals surface area contributed by atoms with Gasteiger partial charge in [0.1, 0.15) is 0 Å². The third-order valence-corrected chi connectivity index (χ3v) is 6.43. The Balaban J connectivity index is 0.00000481. The Morgan fingerprint density at radius 2 is 1.62 bits per heavy atom. The number of likely N-dealkylation sites (tertiary alicyclic amines) is 1. The molecule has 3 atom stereocenters. The number of carbonyl (C=O) groups is 1. The summed E-state index contributed by atoms with van der Waals surface area (Å²) >= 11 is 0. The van der Waals surface area contributed by atoms with Crippen LogP contribution in [0.3, 0.4) is 0 Å². The number of benzene rings is 2. The fraction of sp³-hybridized carbons (Fsp3) is 0.500. The van der Waals surface area contributed by atoms with Crippen molar-refractivity contribution in [2.24, 2.45) is 5.73 Å². The van der Waals surface area contributed by atoms with E-state index in [1.807, 2.05) is 30.3 Å². The predicted molar refractivity (Wildman–Crippen MR) is 130 cm³/mol. The van der Waals surface area contributed by atoms with Gasteiger partial charge < -0.3 is 15.4 Å². The van der Waals surface area contributed by atoms with Gasteiger partial charge in [-0.2, -0.15) is 26.3 Å². The largest absolute Gasteiger partial charge is 0.416 e. The van der Waals surface area contributed by atoms with Crippen LogP contribution in [0.4, 0.5) is 26.3 Å². The molecule has 206 valence electrons. The average Bonchev–Trinajstić information content (AvgIpc) is 2.83. The molecule has 0 unspecified atom stereocenters. The lowest BCUT2D eigenvalue weighted by Crippen LogP contribution is -2.46. The summed E-state index contributed by atoms with van der Waals surface area (Å²) in [6.45, 7) is 2.68. The van der Waals surface area contributed by atoms with Crippen LogP contribution in [-0.4, -0.2) is 36.5 Å².